The Hall–Kier alpha value is -1.21. The molecule has 4 nitrogen and oxygen atoms in total. The highest BCUT2D eigenvalue weighted by molar-refractivity contribution is 7.89. The molecule has 1 rings (SSSR count). The van der Waals surface area contributed by atoms with Crippen LogP contribution < -0.4 is 9.88 Å². The van der Waals surface area contributed by atoms with Crippen LogP contribution in [0.25, 0.3) is 0 Å². The number of primary sulfonamides is 1. The lowest BCUT2D eigenvalue weighted by Crippen LogP contribution is -2.14. The molecule has 0 aliphatic rings. The lowest BCUT2D eigenvalue weighted by molar-refractivity contribution is 0.360. The smallest absolute Gasteiger partial charge is 0.241 e. The number of hydrogen-bond donors (Lipinski definition) is 1. The third kappa shape index (κ3) is 1.83. The van der Waals surface area contributed by atoms with Crippen molar-refractivity contribution in [2.24, 2.45) is 5.14 Å². The van der Waals surface area contributed by atoms with Crippen molar-refractivity contribution in [1.82, 2.24) is 0 Å². The van der Waals surface area contributed by atoms with Crippen LogP contribution in [0.15, 0.2) is 17.0 Å². The van der Waals surface area contributed by atoms with E-state index in [1.54, 1.807) is 0 Å². The fourth-order valence-corrected chi connectivity index (χ4v) is 1.62. The van der Waals surface area contributed by atoms with Crippen LogP contribution in [-0.2, 0) is 10.0 Å². The van der Waals surface area contributed by atoms with E-state index in [0.717, 1.165) is 13.2 Å². The highest BCUT2D eigenvalue weighted by atomic mass is 32.2. The zero-order valence-corrected chi connectivity index (χ0v) is 7.94. The molecule has 0 spiro atoms. The minimum atomic E-state index is -4.12. The molecule has 0 heterocycles. The van der Waals surface area contributed by atoms with Crippen molar-refractivity contribution in [3.63, 3.8) is 0 Å². The summed E-state index contributed by atoms with van der Waals surface area (Å²) in [5.74, 6) is -3.29. The van der Waals surface area contributed by atoms with Crippen molar-refractivity contribution >= 4 is 10.0 Å². The van der Waals surface area contributed by atoms with Crippen LogP contribution in [0.5, 0.6) is 5.75 Å². The maximum Gasteiger partial charge on any atom is 0.241 e. The SMILES string of the molecule is COc1c(S(N)(=O)=O)ccc(F)c1F. The van der Waals surface area contributed by atoms with Gasteiger partial charge in [-0.1, -0.05) is 0 Å². The Labute approximate surface area is 79.3 Å². The van der Waals surface area contributed by atoms with Gasteiger partial charge in [0.15, 0.2) is 11.6 Å². The van der Waals surface area contributed by atoms with Crippen LogP contribution >= 0.6 is 0 Å². The summed E-state index contributed by atoms with van der Waals surface area (Å²) >= 11 is 0. The Balaban J connectivity index is 3.55. The Kier molecular flexibility index (Phi) is 2.72. The number of halogens is 2. The molecular formula is C7H7F2NO3S. The lowest BCUT2D eigenvalue weighted by Gasteiger charge is -2.07. The zero-order chi connectivity index (χ0) is 10.9. The van der Waals surface area contributed by atoms with Crippen LogP contribution in [0.4, 0.5) is 8.78 Å². The monoisotopic (exact) mass is 223 g/mol. The molecular weight excluding hydrogens is 216 g/mol. The summed E-state index contributed by atoms with van der Waals surface area (Å²) in [4.78, 5) is -0.584. The van der Waals surface area contributed by atoms with Crippen molar-refractivity contribution < 1.29 is 21.9 Å². The molecule has 0 atom stereocenters. The predicted molar refractivity (Wildman–Crippen MR) is 44.3 cm³/mol. The van der Waals surface area contributed by atoms with E-state index < -0.39 is 32.3 Å². The number of sulfonamides is 1. The highest BCUT2D eigenvalue weighted by Crippen LogP contribution is 2.27. The molecule has 0 aliphatic carbocycles. The fourth-order valence-electron chi connectivity index (χ4n) is 0.929. The number of nitrogens with two attached hydrogens (primary N) is 1. The number of ether oxygens (including phenoxy) is 1. The first-order valence-corrected chi connectivity index (χ1v) is 4.97. The van der Waals surface area contributed by atoms with Gasteiger partial charge in [0.25, 0.3) is 0 Å². The highest BCUT2D eigenvalue weighted by Gasteiger charge is 2.21. The van der Waals surface area contributed by atoms with Gasteiger partial charge in [-0.3, -0.25) is 0 Å². The van der Waals surface area contributed by atoms with Crippen LogP contribution in [0.2, 0.25) is 0 Å². The van der Waals surface area contributed by atoms with E-state index in [1.807, 2.05) is 0 Å². The summed E-state index contributed by atoms with van der Waals surface area (Å²) in [7, 11) is -3.10. The van der Waals surface area contributed by atoms with Gasteiger partial charge < -0.3 is 4.74 Å². The van der Waals surface area contributed by atoms with Gasteiger partial charge in [-0.25, -0.2) is 17.9 Å². The molecule has 2 N–H and O–H groups in total. The van der Waals surface area contributed by atoms with E-state index in [0.29, 0.717) is 6.07 Å². The molecule has 0 saturated carbocycles. The lowest BCUT2D eigenvalue weighted by atomic mass is 10.3. The number of methoxy groups -OCH3 is 1. The Morgan fingerprint density at radius 2 is 1.93 bits per heavy atom. The fraction of sp³-hybridized carbons (Fsp3) is 0.143. The molecule has 0 bridgehead atoms. The Morgan fingerprint density at radius 3 is 2.36 bits per heavy atom. The van der Waals surface area contributed by atoms with Gasteiger partial charge in [-0.2, -0.15) is 4.39 Å². The third-order valence-electron chi connectivity index (χ3n) is 1.52. The van der Waals surface area contributed by atoms with Crippen molar-refractivity contribution in [3.8, 4) is 5.75 Å². The average Bonchev–Trinajstić information content (AvgIpc) is 2.07. The number of hydrogen-bond acceptors (Lipinski definition) is 3. The third-order valence-corrected chi connectivity index (χ3v) is 2.46. The van der Waals surface area contributed by atoms with E-state index in [9.17, 15) is 17.2 Å². The standard InChI is InChI=1S/C7H7F2NO3S/c1-13-7-5(14(10,11)12)3-2-4(8)6(7)9/h2-3H,1H3,(H2,10,11,12). The average molecular weight is 223 g/mol. The van der Waals surface area contributed by atoms with E-state index in [4.69, 9.17) is 5.14 Å². The summed E-state index contributed by atoms with van der Waals surface area (Å²) in [6.07, 6.45) is 0. The topological polar surface area (TPSA) is 69.4 Å². The van der Waals surface area contributed by atoms with Crippen molar-refractivity contribution in [2.75, 3.05) is 7.11 Å². The first-order valence-electron chi connectivity index (χ1n) is 3.42. The molecule has 0 aromatic heterocycles. The van der Waals surface area contributed by atoms with Gasteiger partial charge >= 0.3 is 0 Å². The summed E-state index contributed by atoms with van der Waals surface area (Å²) in [6.45, 7) is 0. The molecule has 0 saturated heterocycles. The second-order valence-electron chi connectivity index (χ2n) is 2.44. The molecule has 7 heteroatoms. The summed E-state index contributed by atoms with van der Waals surface area (Å²) in [5, 5.41) is 4.76. The summed E-state index contributed by atoms with van der Waals surface area (Å²) in [5.41, 5.74) is 0. The molecule has 0 amide bonds. The first kappa shape index (κ1) is 10.9. The van der Waals surface area contributed by atoms with Crippen molar-refractivity contribution in [2.45, 2.75) is 4.90 Å². The van der Waals surface area contributed by atoms with Gasteiger partial charge in [0.05, 0.1) is 7.11 Å². The second-order valence-corrected chi connectivity index (χ2v) is 3.97. The maximum atomic E-state index is 13.0. The number of rotatable bonds is 2. The summed E-state index contributed by atoms with van der Waals surface area (Å²) in [6, 6.07) is 1.50. The predicted octanol–water partition coefficient (Wildman–Crippen LogP) is 0.621. The van der Waals surface area contributed by atoms with Crippen molar-refractivity contribution in [3.05, 3.63) is 23.8 Å². The van der Waals surface area contributed by atoms with Crippen LogP contribution in [-0.4, -0.2) is 15.5 Å². The molecule has 1 aromatic carbocycles. The van der Waals surface area contributed by atoms with Gasteiger partial charge in [-0.15, -0.1) is 0 Å². The Bertz CT molecular complexity index is 458. The minimum absolute atomic E-state index is 0.584. The van der Waals surface area contributed by atoms with Crippen LogP contribution in [0.3, 0.4) is 0 Å². The van der Waals surface area contributed by atoms with Crippen LogP contribution in [0, 0.1) is 11.6 Å². The van der Waals surface area contributed by atoms with E-state index >= 15 is 0 Å². The van der Waals surface area contributed by atoms with E-state index in [2.05, 4.69) is 4.74 Å². The minimum Gasteiger partial charge on any atom is -0.492 e. The first-order chi connectivity index (χ1) is 6.38. The normalized spacial score (nSPS) is 11.4. The van der Waals surface area contributed by atoms with E-state index in [1.165, 1.54) is 0 Å². The van der Waals surface area contributed by atoms with Gasteiger partial charge in [0.2, 0.25) is 15.8 Å². The quantitative estimate of drug-likeness (QED) is 0.799. The molecule has 0 radical (unpaired) electrons. The maximum absolute atomic E-state index is 13.0. The van der Waals surface area contributed by atoms with E-state index in [-0.39, 0.29) is 0 Å². The molecule has 0 fully saturated rings. The van der Waals surface area contributed by atoms with Crippen molar-refractivity contribution in [1.29, 1.82) is 0 Å². The molecule has 14 heavy (non-hydrogen) atoms. The largest absolute Gasteiger partial charge is 0.492 e. The summed E-state index contributed by atoms with van der Waals surface area (Å²) < 4.78 is 51.8. The Morgan fingerprint density at radius 1 is 1.36 bits per heavy atom. The molecule has 78 valence electrons. The van der Waals surface area contributed by atoms with Gasteiger partial charge in [-0.05, 0) is 12.1 Å². The molecule has 0 aliphatic heterocycles. The van der Waals surface area contributed by atoms with Gasteiger partial charge in [0, 0.05) is 0 Å². The number of benzene rings is 1. The van der Waals surface area contributed by atoms with Gasteiger partial charge in [0.1, 0.15) is 4.90 Å². The second kappa shape index (κ2) is 3.50. The zero-order valence-electron chi connectivity index (χ0n) is 7.12. The molecule has 0 unspecified atom stereocenters. The molecule has 1 aromatic rings. The van der Waals surface area contributed by atoms with Crippen LogP contribution in [0.1, 0.15) is 0 Å².